The van der Waals surface area contributed by atoms with Crippen molar-refractivity contribution in [3.63, 3.8) is 0 Å². The fourth-order valence-corrected chi connectivity index (χ4v) is 7.64. The molecule has 0 saturated carbocycles. The molecule has 8 aromatic rings. The van der Waals surface area contributed by atoms with Crippen molar-refractivity contribution in [3.8, 4) is 27.9 Å². The minimum atomic E-state index is -0.0890. The molecule has 9 rings (SSSR count). The van der Waals surface area contributed by atoms with E-state index in [1.807, 2.05) is 18.5 Å². The van der Waals surface area contributed by atoms with Crippen LogP contribution in [0.15, 0.2) is 164 Å². The third-order valence-electron chi connectivity index (χ3n) is 9.88. The first-order chi connectivity index (χ1) is 23.1. The van der Waals surface area contributed by atoms with Gasteiger partial charge < -0.3 is 9.47 Å². The molecule has 0 fully saturated rings. The topological polar surface area (TPSA) is 21.1 Å². The van der Waals surface area contributed by atoms with Crippen molar-refractivity contribution in [1.82, 2.24) is 9.55 Å². The van der Waals surface area contributed by atoms with E-state index in [0.29, 0.717) is 0 Å². The van der Waals surface area contributed by atoms with E-state index < -0.39 is 0 Å². The summed E-state index contributed by atoms with van der Waals surface area (Å²) < 4.78 is 2.40. The van der Waals surface area contributed by atoms with Crippen LogP contribution in [-0.2, 0) is 5.41 Å². The molecule has 1 aliphatic carbocycles. The molecular formula is C44H33N3. The van der Waals surface area contributed by atoms with Gasteiger partial charge in [0.2, 0.25) is 0 Å². The van der Waals surface area contributed by atoms with Gasteiger partial charge in [0, 0.05) is 45.6 Å². The lowest BCUT2D eigenvalue weighted by molar-refractivity contribution is 0.660. The van der Waals surface area contributed by atoms with E-state index in [1.54, 1.807) is 0 Å². The maximum Gasteiger partial charge on any atom is 0.0562 e. The zero-order valence-electron chi connectivity index (χ0n) is 26.4. The molecule has 0 radical (unpaired) electrons. The number of aromatic nitrogens is 2. The van der Waals surface area contributed by atoms with Gasteiger partial charge in [0.1, 0.15) is 0 Å². The highest BCUT2D eigenvalue weighted by molar-refractivity contribution is 6.16. The van der Waals surface area contributed by atoms with Crippen LogP contribution in [-0.4, -0.2) is 9.55 Å². The molecule has 0 spiro atoms. The molecule has 3 heteroatoms. The summed E-state index contributed by atoms with van der Waals surface area (Å²) in [5.74, 6) is 0. The van der Waals surface area contributed by atoms with E-state index in [4.69, 9.17) is 0 Å². The summed E-state index contributed by atoms with van der Waals surface area (Å²) in [6.45, 7) is 4.70. The Hall–Kier alpha value is -5.93. The summed E-state index contributed by atoms with van der Waals surface area (Å²) in [6, 6.07) is 55.0. The molecule has 0 aliphatic heterocycles. The molecule has 0 atom stereocenters. The van der Waals surface area contributed by atoms with Crippen LogP contribution in [0.1, 0.15) is 25.0 Å². The molecule has 2 heterocycles. The first-order valence-electron chi connectivity index (χ1n) is 16.2. The monoisotopic (exact) mass is 603 g/mol. The van der Waals surface area contributed by atoms with Gasteiger partial charge in [0.15, 0.2) is 0 Å². The molecule has 6 aromatic carbocycles. The standard InChI is InChI=1S/C44H33N3/c1-44(2)38-17-8-6-15-35(38)36-26-25-34(28-39(36)44)46(32-13-4-3-5-14-32)41-19-10-20-42-43(41)37-16-7-9-18-40(37)47(42)33-23-21-30(22-24-33)31-12-11-27-45-29-31/h3-29H,1-2H3. The van der Waals surface area contributed by atoms with E-state index in [2.05, 4.69) is 174 Å². The zero-order valence-corrected chi connectivity index (χ0v) is 26.4. The van der Waals surface area contributed by atoms with Gasteiger partial charge in [-0.15, -0.1) is 0 Å². The summed E-state index contributed by atoms with van der Waals surface area (Å²) >= 11 is 0. The molecule has 0 amide bonds. The van der Waals surface area contributed by atoms with E-state index >= 15 is 0 Å². The van der Waals surface area contributed by atoms with Crippen LogP contribution in [0, 0.1) is 0 Å². The van der Waals surface area contributed by atoms with Crippen molar-refractivity contribution in [2.24, 2.45) is 0 Å². The second-order valence-electron chi connectivity index (χ2n) is 12.9. The van der Waals surface area contributed by atoms with Gasteiger partial charge in [0.05, 0.1) is 16.7 Å². The van der Waals surface area contributed by atoms with Gasteiger partial charge in [-0.2, -0.15) is 0 Å². The van der Waals surface area contributed by atoms with Crippen LogP contribution >= 0.6 is 0 Å². The number of hydrogen-bond acceptors (Lipinski definition) is 2. The quantitative estimate of drug-likeness (QED) is 0.195. The number of benzene rings is 6. The molecule has 3 nitrogen and oxygen atoms in total. The Morgan fingerprint density at radius 2 is 1.30 bits per heavy atom. The predicted octanol–water partition coefficient (Wildman–Crippen LogP) is 11.6. The number of anilines is 3. The minimum Gasteiger partial charge on any atom is -0.310 e. The zero-order chi connectivity index (χ0) is 31.5. The van der Waals surface area contributed by atoms with Gasteiger partial charge in [-0.25, -0.2) is 0 Å². The number of fused-ring (bicyclic) bond motifs is 6. The van der Waals surface area contributed by atoms with E-state index in [9.17, 15) is 0 Å². The van der Waals surface area contributed by atoms with Crippen LogP contribution in [0.25, 0.3) is 49.7 Å². The lowest BCUT2D eigenvalue weighted by Crippen LogP contribution is -2.16. The Bertz CT molecular complexity index is 2420. The molecule has 0 N–H and O–H groups in total. The van der Waals surface area contributed by atoms with Gasteiger partial charge in [-0.1, -0.05) is 105 Å². The van der Waals surface area contributed by atoms with Crippen molar-refractivity contribution in [3.05, 3.63) is 175 Å². The van der Waals surface area contributed by atoms with Crippen LogP contribution in [0.2, 0.25) is 0 Å². The first-order valence-corrected chi connectivity index (χ1v) is 16.2. The van der Waals surface area contributed by atoms with Crippen molar-refractivity contribution in [2.75, 3.05) is 4.90 Å². The number of para-hydroxylation sites is 2. The first kappa shape index (κ1) is 27.4. The fraction of sp³-hybridized carbons (Fsp3) is 0.0682. The average molecular weight is 604 g/mol. The number of nitrogens with zero attached hydrogens (tertiary/aromatic N) is 3. The van der Waals surface area contributed by atoms with Gasteiger partial charge >= 0.3 is 0 Å². The van der Waals surface area contributed by atoms with Gasteiger partial charge in [-0.05, 0) is 94.0 Å². The largest absolute Gasteiger partial charge is 0.310 e. The van der Waals surface area contributed by atoms with Crippen molar-refractivity contribution < 1.29 is 0 Å². The minimum absolute atomic E-state index is 0.0890. The Balaban J connectivity index is 1.26. The van der Waals surface area contributed by atoms with Gasteiger partial charge in [-0.3, -0.25) is 4.98 Å². The summed E-state index contributed by atoms with van der Waals surface area (Å²) in [4.78, 5) is 6.75. The van der Waals surface area contributed by atoms with Crippen LogP contribution in [0.3, 0.4) is 0 Å². The summed E-state index contributed by atoms with van der Waals surface area (Å²) in [7, 11) is 0. The normalized spacial score (nSPS) is 13.1. The second kappa shape index (κ2) is 10.6. The Morgan fingerprint density at radius 1 is 0.553 bits per heavy atom. The molecule has 0 bridgehead atoms. The van der Waals surface area contributed by atoms with Crippen LogP contribution in [0.5, 0.6) is 0 Å². The summed E-state index contributed by atoms with van der Waals surface area (Å²) in [6.07, 6.45) is 3.73. The second-order valence-corrected chi connectivity index (χ2v) is 12.9. The molecule has 1 aliphatic rings. The van der Waals surface area contributed by atoms with Crippen LogP contribution in [0.4, 0.5) is 17.1 Å². The molecule has 0 unspecified atom stereocenters. The Morgan fingerprint density at radius 3 is 2.13 bits per heavy atom. The molecule has 2 aromatic heterocycles. The SMILES string of the molecule is CC1(C)c2ccccc2-c2ccc(N(c3ccccc3)c3cccc4c3c3ccccc3n4-c3ccc(-c4cccnc4)cc3)cc21. The van der Waals surface area contributed by atoms with Crippen LogP contribution < -0.4 is 4.90 Å². The lowest BCUT2D eigenvalue weighted by Gasteiger charge is -2.28. The Kier molecular flexibility index (Phi) is 6.16. The predicted molar refractivity (Wildman–Crippen MR) is 196 cm³/mol. The molecule has 47 heavy (non-hydrogen) atoms. The molecule has 0 saturated heterocycles. The van der Waals surface area contributed by atoms with E-state index in [-0.39, 0.29) is 5.41 Å². The smallest absolute Gasteiger partial charge is 0.0562 e. The third kappa shape index (κ3) is 4.24. The van der Waals surface area contributed by atoms with E-state index in [0.717, 1.165) is 33.9 Å². The highest BCUT2D eigenvalue weighted by Gasteiger charge is 2.36. The maximum absolute atomic E-state index is 4.32. The number of rotatable bonds is 5. The Labute approximate surface area is 275 Å². The highest BCUT2D eigenvalue weighted by atomic mass is 15.1. The average Bonchev–Trinajstić information content (AvgIpc) is 3.58. The van der Waals surface area contributed by atoms with Crippen molar-refractivity contribution >= 4 is 38.9 Å². The van der Waals surface area contributed by atoms with E-state index in [1.165, 1.54) is 44.1 Å². The highest BCUT2D eigenvalue weighted by Crippen LogP contribution is 2.51. The summed E-state index contributed by atoms with van der Waals surface area (Å²) in [5, 5.41) is 2.45. The van der Waals surface area contributed by atoms with Gasteiger partial charge in [0.25, 0.3) is 0 Å². The summed E-state index contributed by atoms with van der Waals surface area (Å²) in [5.41, 5.74) is 14.5. The molecular weight excluding hydrogens is 571 g/mol. The number of hydrogen-bond donors (Lipinski definition) is 0. The lowest BCUT2D eigenvalue weighted by atomic mass is 9.82. The molecule has 224 valence electrons. The van der Waals surface area contributed by atoms with Crippen molar-refractivity contribution in [2.45, 2.75) is 19.3 Å². The van der Waals surface area contributed by atoms with Crippen molar-refractivity contribution in [1.29, 1.82) is 0 Å². The number of pyridine rings is 1. The fourth-order valence-electron chi connectivity index (χ4n) is 7.64. The third-order valence-corrected chi connectivity index (χ3v) is 9.88. The maximum atomic E-state index is 4.32.